The lowest BCUT2D eigenvalue weighted by Crippen LogP contribution is -2.20. The minimum atomic E-state index is -0.409. The number of aliphatic hydroxyl groups excluding tert-OH is 1. The van der Waals surface area contributed by atoms with Gasteiger partial charge in [-0.3, -0.25) is 4.79 Å². The molecule has 0 fully saturated rings. The van der Waals surface area contributed by atoms with Crippen LogP contribution in [0.1, 0.15) is 29.8 Å². The van der Waals surface area contributed by atoms with E-state index in [-0.39, 0.29) is 19.1 Å². The molecule has 0 saturated heterocycles. The molecule has 0 atom stereocenters. The minimum Gasteiger partial charge on any atom is -0.490 e. The van der Waals surface area contributed by atoms with Gasteiger partial charge in [-0.05, 0) is 55.8 Å². The van der Waals surface area contributed by atoms with Crippen LogP contribution in [0.2, 0.25) is 0 Å². The van der Waals surface area contributed by atoms with Gasteiger partial charge in [0.05, 0.1) is 25.4 Å². The van der Waals surface area contributed by atoms with E-state index in [0.29, 0.717) is 41.5 Å². The number of benzene rings is 2. The van der Waals surface area contributed by atoms with Gasteiger partial charge >= 0.3 is 5.97 Å². The van der Waals surface area contributed by atoms with Crippen LogP contribution in [0.4, 0.5) is 5.69 Å². The molecular weight excluding hydrogens is 350 g/mol. The van der Waals surface area contributed by atoms with Gasteiger partial charge in [0.15, 0.2) is 18.1 Å². The van der Waals surface area contributed by atoms with Crippen molar-refractivity contribution in [2.75, 3.05) is 25.1 Å². The lowest BCUT2D eigenvalue weighted by molar-refractivity contribution is -0.118. The Bertz CT molecular complexity index is 773. The van der Waals surface area contributed by atoms with Gasteiger partial charge in [0.2, 0.25) is 0 Å². The van der Waals surface area contributed by atoms with Gasteiger partial charge in [-0.15, -0.1) is 0 Å². The van der Waals surface area contributed by atoms with Gasteiger partial charge in [-0.1, -0.05) is 6.07 Å². The first kappa shape index (κ1) is 20.3. The number of anilines is 1. The van der Waals surface area contributed by atoms with E-state index in [4.69, 9.17) is 14.2 Å². The Kier molecular flexibility index (Phi) is 7.63. The quantitative estimate of drug-likeness (QED) is 0.657. The maximum atomic E-state index is 12.1. The summed E-state index contributed by atoms with van der Waals surface area (Å²) in [5.74, 6) is 0.124. The number of carbonyl (C=O) groups excluding carboxylic acids is 2. The molecule has 7 nitrogen and oxygen atoms in total. The zero-order valence-corrected chi connectivity index (χ0v) is 15.4. The van der Waals surface area contributed by atoms with Gasteiger partial charge in [-0.25, -0.2) is 4.79 Å². The normalized spacial score (nSPS) is 10.2. The molecule has 0 unspecified atom stereocenters. The van der Waals surface area contributed by atoms with E-state index in [1.54, 1.807) is 49.4 Å². The van der Waals surface area contributed by atoms with E-state index in [1.807, 2.05) is 6.92 Å². The van der Waals surface area contributed by atoms with E-state index in [9.17, 15) is 14.7 Å². The van der Waals surface area contributed by atoms with Gasteiger partial charge in [0, 0.05) is 5.69 Å². The van der Waals surface area contributed by atoms with E-state index in [0.717, 1.165) is 0 Å². The number of rotatable bonds is 9. The Balaban J connectivity index is 1.93. The first-order valence-corrected chi connectivity index (χ1v) is 8.63. The fourth-order valence-corrected chi connectivity index (χ4v) is 2.28. The summed E-state index contributed by atoms with van der Waals surface area (Å²) in [4.78, 5) is 23.7. The smallest absolute Gasteiger partial charge is 0.338 e. The Hall–Kier alpha value is -3.06. The molecule has 2 N–H and O–H groups in total. The molecule has 0 saturated carbocycles. The van der Waals surface area contributed by atoms with Crippen LogP contribution >= 0.6 is 0 Å². The van der Waals surface area contributed by atoms with Crippen molar-refractivity contribution < 1.29 is 28.9 Å². The lowest BCUT2D eigenvalue weighted by atomic mass is 10.2. The molecule has 1 amide bonds. The molecule has 2 aromatic carbocycles. The number of hydrogen-bond donors (Lipinski definition) is 2. The van der Waals surface area contributed by atoms with Crippen molar-refractivity contribution in [3.8, 4) is 11.5 Å². The van der Waals surface area contributed by atoms with Crippen LogP contribution in [0.25, 0.3) is 0 Å². The van der Waals surface area contributed by atoms with Crippen LogP contribution < -0.4 is 14.8 Å². The molecule has 0 aromatic heterocycles. The van der Waals surface area contributed by atoms with E-state index >= 15 is 0 Å². The van der Waals surface area contributed by atoms with Crippen molar-refractivity contribution in [3.05, 3.63) is 53.6 Å². The number of carbonyl (C=O) groups is 2. The zero-order chi connectivity index (χ0) is 19.6. The second kappa shape index (κ2) is 10.2. The van der Waals surface area contributed by atoms with Crippen molar-refractivity contribution in [3.63, 3.8) is 0 Å². The molecule has 2 aromatic rings. The van der Waals surface area contributed by atoms with Gasteiger partial charge in [-0.2, -0.15) is 0 Å². The molecule has 7 heteroatoms. The fraction of sp³-hybridized carbons (Fsp3) is 0.300. The van der Waals surface area contributed by atoms with Crippen molar-refractivity contribution in [2.45, 2.75) is 20.5 Å². The number of ether oxygens (including phenoxy) is 3. The third-order valence-electron chi connectivity index (χ3n) is 3.53. The molecule has 0 bridgehead atoms. The summed E-state index contributed by atoms with van der Waals surface area (Å²) in [5.41, 5.74) is 1.64. The highest BCUT2D eigenvalue weighted by Crippen LogP contribution is 2.28. The molecule has 0 aliphatic carbocycles. The molecule has 27 heavy (non-hydrogen) atoms. The number of hydrogen-bond acceptors (Lipinski definition) is 6. The summed E-state index contributed by atoms with van der Waals surface area (Å²) in [5, 5.41) is 11.9. The van der Waals surface area contributed by atoms with Crippen LogP contribution in [0, 0.1) is 0 Å². The van der Waals surface area contributed by atoms with Crippen LogP contribution in [-0.4, -0.2) is 36.8 Å². The first-order valence-electron chi connectivity index (χ1n) is 8.63. The predicted molar refractivity (Wildman–Crippen MR) is 100 cm³/mol. The summed E-state index contributed by atoms with van der Waals surface area (Å²) in [7, 11) is 0. The maximum Gasteiger partial charge on any atom is 0.338 e. The van der Waals surface area contributed by atoms with Gasteiger partial charge in [0.25, 0.3) is 5.91 Å². The average Bonchev–Trinajstić information content (AvgIpc) is 2.68. The van der Waals surface area contributed by atoms with Gasteiger partial charge < -0.3 is 24.6 Å². The van der Waals surface area contributed by atoms with E-state index < -0.39 is 5.97 Å². The molecule has 2 rings (SSSR count). The molecule has 0 aliphatic heterocycles. The highest BCUT2D eigenvalue weighted by atomic mass is 16.5. The summed E-state index contributed by atoms with van der Waals surface area (Å²) >= 11 is 0. The van der Waals surface area contributed by atoms with Gasteiger partial charge in [0.1, 0.15) is 0 Å². The SMILES string of the molecule is CCOC(=O)c1ccc(NC(=O)COc2ccc(CO)cc2OCC)cc1. The van der Waals surface area contributed by atoms with Crippen LogP contribution in [0.15, 0.2) is 42.5 Å². The summed E-state index contributed by atoms with van der Waals surface area (Å²) in [6.07, 6.45) is 0. The van der Waals surface area contributed by atoms with E-state index in [1.165, 1.54) is 0 Å². The predicted octanol–water partition coefficient (Wildman–Crippen LogP) is 2.77. The number of aliphatic hydroxyl groups is 1. The van der Waals surface area contributed by atoms with E-state index in [2.05, 4.69) is 5.32 Å². The molecule has 0 heterocycles. The number of esters is 1. The van der Waals surface area contributed by atoms with Crippen molar-refractivity contribution in [1.82, 2.24) is 0 Å². The fourth-order valence-electron chi connectivity index (χ4n) is 2.28. The average molecular weight is 373 g/mol. The summed E-state index contributed by atoms with van der Waals surface area (Å²) in [6.45, 7) is 3.99. The highest BCUT2D eigenvalue weighted by Gasteiger charge is 2.10. The highest BCUT2D eigenvalue weighted by molar-refractivity contribution is 5.93. The monoisotopic (exact) mass is 373 g/mol. The van der Waals surface area contributed by atoms with Crippen LogP contribution in [0.5, 0.6) is 11.5 Å². The number of amides is 1. The second-order valence-electron chi connectivity index (χ2n) is 5.51. The molecule has 0 aliphatic rings. The molecule has 0 radical (unpaired) electrons. The van der Waals surface area contributed by atoms with Crippen molar-refractivity contribution >= 4 is 17.6 Å². The standard InChI is InChI=1S/C20H23NO6/c1-3-25-18-11-14(12-22)5-10-17(18)27-13-19(23)21-16-8-6-15(7-9-16)20(24)26-4-2/h5-11,22H,3-4,12-13H2,1-2H3,(H,21,23). The lowest BCUT2D eigenvalue weighted by Gasteiger charge is -2.13. The molecule has 144 valence electrons. The minimum absolute atomic E-state index is 0.108. The summed E-state index contributed by atoms with van der Waals surface area (Å²) in [6, 6.07) is 11.4. The largest absolute Gasteiger partial charge is 0.490 e. The first-order chi connectivity index (χ1) is 13.1. The Labute approximate surface area is 157 Å². The van der Waals surface area contributed by atoms with Crippen LogP contribution in [-0.2, 0) is 16.1 Å². The topological polar surface area (TPSA) is 94.1 Å². The second-order valence-corrected chi connectivity index (χ2v) is 5.51. The third kappa shape index (κ3) is 6.00. The number of nitrogens with one attached hydrogen (secondary N) is 1. The van der Waals surface area contributed by atoms with Crippen molar-refractivity contribution in [2.24, 2.45) is 0 Å². The molecule has 0 spiro atoms. The zero-order valence-electron chi connectivity index (χ0n) is 15.4. The Morgan fingerprint density at radius 3 is 2.33 bits per heavy atom. The molecular formula is C20H23NO6. The third-order valence-corrected chi connectivity index (χ3v) is 3.53. The summed E-state index contributed by atoms with van der Waals surface area (Å²) < 4.78 is 15.9. The Morgan fingerprint density at radius 2 is 1.70 bits per heavy atom. The van der Waals surface area contributed by atoms with Crippen molar-refractivity contribution in [1.29, 1.82) is 0 Å². The Morgan fingerprint density at radius 1 is 0.963 bits per heavy atom. The maximum absolute atomic E-state index is 12.1. The van der Waals surface area contributed by atoms with Crippen LogP contribution in [0.3, 0.4) is 0 Å².